The van der Waals surface area contributed by atoms with Crippen LogP contribution in [0.3, 0.4) is 0 Å². The van der Waals surface area contributed by atoms with Crippen LogP contribution in [0.4, 0.5) is 65.9 Å². The standard InChI is InChI=1S/4C15H7F3N3.C11H11N6.2C11H12N2O2.C9H5F3N3.4Ir/c16-15(17,18)12-8-21-11-6-2-1-4-9(11)13-10(14(21)20-12)5-3-7-19-13;3*16-15(17,18)12-6-5-10-13(20-12)9-3-1-2-4-11(9)21-8-7-19-14(10)21;1-6-7(2)17(3)10-4-9(12-5-8(6)10)11-13-15-16-14-11;1-6-7(2)13(3)10-4-9(11(14)15)12-5-8(6)10;1-6-7(2)13(3)8-4-5-12-10(9(6)8)11(14)15;10-9(11,12)8-5-7(14-15-8)6-3-1-2-4-13-6;;;;/h4*1-4,6-8H;4-5H,1-3H3;2*4-5H,1-3H3,(H,14,15);1-5H;;;;/q5*-1;;;-1;;;;. The third kappa shape index (κ3) is 21.4. The van der Waals surface area contributed by atoms with Gasteiger partial charge in [-0.05, 0) is 163 Å². The molecule has 0 amide bonds. The summed E-state index contributed by atoms with van der Waals surface area (Å²) in [4.78, 5) is 69.8. The minimum absolute atomic E-state index is 0. The number of benzene rings is 4. The molecule has 4 radical (unpaired) electrons. The van der Waals surface area contributed by atoms with Gasteiger partial charge < -0.3 is 76.7 Å². The van der Waals surface area contributed by atoms with Gasteiger partial charge in [0.25, 0.3) is 0 Å². The summed E-state index contributed by atoms with van der Waals surface area (Å²) in [6.07, 6.45) is -3.24. The quantitative estimate of drug-likeness (QED) is 0.0939. The molecule has 0 bridgehead atoms. The first-order valence-corrected chi connectivity index (χ1v) is 43.5. The third-order valence-electron chi connectivity index (χ3n) is 24.4. The molecular weight excluding hydrogens is 2690 g/mol. The first-order chi connectivity index (χ1) is 69.5. The molecule has 0 saturated heterocycles. The number of pyridine rings is 12. The van der Waals surface area contributed by atoms with Crippen LogP contribution in [-0.4, -0.2) is 134 Å². The van der Waals surface area contributed by atoms with Crippen LogP contribution >= 0.6 is 0 Å². The van der Waals surface area contributed by atoms with Crippen LogP contribution in [0, 0.1) is 65.8 Å². The van der Waals surface area contributed by atoms with Crippen molar-refractivity contribution in [3.63, 3.8) is 0 Å². The van der Waals surface area contributed by atoms with Gasteiger partial charge in [-0.25, -0.2) is 19.6 Å². The molecule has 0 aliphatic carbocycles. The maximum Gasteiger partial charge on any atom is 0.433 e. The number of carboxylic acids is 2. The number of alkyl halides is 15. The van der Waals surface area contributed by atoms with Gasteiger partial charge in [0, 0.05) is 231 Å². The number of rotatable bonds is 4. The van der Waals surface area contributed by atoms with Gasteiger partial charge in [-0.1, -0.05) is 112 Å². The first-order valence-electron chi connectivity index (χ1n) is 43.5. The van der Waals surface area contributed by atoms with Crippen molar-refractivity contribution in [1.29, 1.82) is 0 Å². The van der Waals surface area contributed by atoms with E-state index in [1.807, 2.05) is 138 Å². The molecule has 0 saturated carbocycles. The summed E-state index contributed by atoms with van der Waals surface area (Å²) in [5, 5.41) is 46.4. The number of nitrogens with zero attached hydrogens (tertiary/aromatic N) is 25. The molecule has 25 rings (SSSR count). The molecule has 25 aromatic rings. The van der Waals surface area contributed by atoms with Gasteiger partial charge >= 0.3 is 42.8 Å². The predicted molar refractivity (Wildman–Crippen MR) is 510 cm³/mol. The summed E-state index contributed by atoms with van der Waals surface area (Å²) in [7, 11) is 5.89. The molecule has 21 aromatic heterocycles. The van der Waals surface area contributed by atoms with Crippen LogP contribution in [0.1, 0.15) is 83.2 Å². The number of tetrazole rings is 1. The Morgan fingerprint density at radius 1 is 0.353 bits per heavy atom. The molecule has 0 aliphatic heterocycles. The van der Waals surface area contributed by atoms with Crippen LogP contribution in [0.5, 0.6) is 0 Å². The molecule has 4 aromatic carbocycles. The van der Waals surface area contributed by atoms with E-state index in [1.54, 1.807) is 128 Å². The number of halogens is 15. The molecular formula is C102H68F15Ir4N25O4-6. The molecule has 0 atom stereocenters. The fraction of sp³-hybridized carbons (Fsp3) is 0.137. The second kappa shape index (κ2) is 43.6. The van der Waals surface area contributed by atoms with Gasteiger partial charge in [-0.2, -0.15) is 71.1 Å². The zero-order valence-corrected chi connectivity index (χ0v) is 88.0. The Bertz CT molecular complexity index is 8920. The van der Waals surface area contributed by atoms with Crippen molar-refractivity contribution in [3.8, 4) is 22.9 Å². The van der Waals surface area contributed by atoms with E-state index in [0.29, 0.717) is 82.9 Å². The molecule has 0 aliphatic rings. The maximum absolute atomic E-state index is 12.9. The number of hydrogen-bond acceptors (Lipinski definition) is 18. The second-order valence-electron chi connectivity index (χ2n) is 32.8. The Labute approximate surface area is 888 Å². The van der Waals surface area contributed by atoms with E-state index in [2.05, 4.69) is 133 Å². The van der Waals surface area contributed by atoms with Crippen LogP contribution in [0.2, 0.25) is 0 Å². The number of hydrogen-bond donors (Lipinski definition) is 2. The van der Waals surface area contributed by atoms with Crippen molar-refractivity contribution in [2.45, 2.75) is 72.4 Å². The normalized spacial score (nSPS) is 11.6. The SMILES string of the molecule is Cc1c(C)n(C)c2cc(-c3nnn[n-]3)ncc12.Cc1c(C)n(C)c2cc(C(=O)O)ncc12.Cc1c(C)n(C)c2ccnc(C(=O)O)c12.FC(F)(F)c1c[c-]c2c(n1)c1ccccc1n1ccnc21.FC(F)(F)c1c[c-]c2c(n1)c1ccccc1n1ccnc21.FC(F)(F)c1c[c-]c2c(n1)c1ccccc1n1ccnc21.FC(F)(F)c1cc(-c2ccccn2)[n-]n1.FC(F)(F)c1cn2c3ccccc3c3ncc[c-]c3c2n1.[Ir].[Ir].[Ir].[Ir]. The minimum atomic E-state index is -4.49. The fourth-order valence-corrected chi connectivity index (χ4v) is 16.7. The molecule has 772 valence electrons. The monoisotopic (exact) mass is 2760 g/mol. The predicted octanol–water partition coefficient (Wildman–Crippen LogP) is 22.3. The number of carbonyl (C=O) groups is 2. The first kappa shape index (κ1) is 110. The minimum Gasteiger partial charge on any atom is -0.573 e. The van der Waals surface area contributed by atoms with Crippen molar-refractivity contribution < 1.29 is 166 Å². The van der Waals surface area contributed by atoms with Crippen molar-refractivity contribution in [3.05, 3.63) is 336 Å². The molecule has 21 heterocycles. The number of fused-ring (bicyclic) bond motifs is 27. The second-order valence-corrected chi connectivity index (χ2v) is 32.8. The van der Waals surface area contributed by atoms with E-state index in [1.165, 1.54) is 28.1 Å². The summed E-state index contributed by atoms with van der Waals surface area (Å²) >= 11 is 0. The van der Waals surface area contributed by atoms with E-state index in [4.69, 9.17) is 10.2 Å². The Balaban J connectivity index is 0.000000135. The molecule has 2 N–H and O–H groups in total. The molecule has 29 nitrogen and oxygen atoms in total. The van der Waals surface area contributed by atoms with Gasteiger partial charge in [0.1, 0.15) is 11.4 Å². The van der Waals surface area contributed by atoms with Crippen LogP contribution < -0.4 is 10.2 Å². The third-order valence-corrected chi connectivity index (χ3v) is 24.4. The maximum atomic E-state index is 12.9. The van der Waals surface area contributed by atoms with E-state index < -0.39 is 71.3 Å². The van der Waals surface area contributed by atoms with Gasteiger partial charge in [-0.3, -0.25) is 40.2 Å². The number of carboxylic acid groups (broad SMARTS) is 2. The number of imidazole rings is 4. The van der Waals surface area contributed by atoms with Gasteiger partial charge in [0.15, 0.2) is 11.4 Å². The molecule has 0 spiro atoms. The smallest absolute Gasteiger partial charge is 0.433 e. The number of aryl methyl sites for hydroxylation is 6. The zero-order chi connectivity index (χ0) is 104. The van der Waals surface area contributed by atoms with Gasteiger partial charge in [-0.15, -0.1) is 48.5 Å². The van der Waals surface area contributed by atoms with Crippen LogP contribution in [0.25, 0.3) is 165 Å². The van der Waals surface area contributed by atoms with Crippen LogP contribution in [-0.2, 0) is 132 Å². The van der Waals surface area contributed by atoms with E-state index in [0.717, 1.165) is 108 Å². The fourth-order valence-electron chi connectivity index (χ4n) is 16.7. The van der Waals surface area contributed by atoms with E-state index in [-0.39, 0.29) is 120 Å². The Kier molecular flexibility index (Phi) is 32.0. The van der Waals surface area contributed by atoms with Crippen molar-refractivity contribution in [1.82, 2.24) is 122 Å². The Morgan fingerprint density at radius 3 is 1.20 bits per heavy atom. The summed E-state index contributed by atoms with van der Waals surface area (Å²) in [6, 6.07) is 55.0. The number of para-hydroxylation sites is 4. The van der Waals surface area contributed by atoms with Gasteiger partial charge in [0.05, 0.1) is 67.7 Å². The van der Waals surface area contributed by atoms with Crippen LogP contribution in [0.15, 0.2) is 238 Å². The van der Waals surface area contributed by atoms with Gasteiger partial charge in [0.2, 0.25) is 0 Å². The molecule has 0 unspecified atom stereocenters. The number of aromatic carboxylic acids is 2. The summed E-state index contributed by atoms with van der Waals surface area (Å²) in [5.74, 6) is -1.51. The Morgan fingerprint density at radius 2 is 0.773 bits per heavy atom. The molecule has 48 heteroatoms. The van der Waals surface area contributed by atoms with E-state index >= 15 is 0 Å². The van der Waals surface area contributed by atoms with E-state index in [9.17, 15) is 75.4 Å². The van der Waals surface area contributed by atoms with Crippen molar-refractivity contribution >= 4 is 154 Å². The Hall–Kier alpha value is -15.7. The summed E-state index contributed by atoms with van der Waals surface area (Å²) in [6.45, 7) is 12.1. The average Bonchev–Trinajstić information content (AvgIpc) is 1.60. The molecule has 0 fully saturated rings. The number of aromatic nitrogens is 25. The molecule has 150 heavy (non-hydrogen) atoms. The summed E-state index contributed by atoms with van der Waals surface area (Å²) in [5.41, 5.74) is 12.6. The largest absolute Gasteiger partial charge is 0.573 e. The zero-order valence-electron chi connectivity index (χ0n) is 78.4. The van der Waals surface area contributed by atoms with Crippen molar-refractivity contribution in [2.24, 2.45) is 21.1 Å². The van der Waals surface area contributed by atoms with Crippen molar-refractivity contribution in [2.75, 3.05) is 0 Å². The topological polar surface area (TPSA) is 341 Å². The summed E-state index contributed by atoms with van der Waals surface area (Å²) < 4.78 is 204. The average molecular weight is 2760 g/mol.